The highest BCUT2D eigenvalue weighted by Gasteiger charge is 2.37. The highest BCUT2D eigenvalue weighted by Crippen LogP contribution is 2.41. The number of hydrogen-bond donors (Lipinski definition) is 0. The first kappa shape index (κ1) is 17.4. The van der Waals surface area contributed by atoms with Crippen molar-refractivity contribution in [2.75, 3.05) is 12.0 Å². The zero-order valence-corrected chi connectivity index (χ0v) is 16.1. The molecule has 5 rings (SSSR count). The molecule has 142 valence electrons. The van der Waals surface area contributed by atoms with Crippen LogP contribution in [-0.2, 0) is 6.42 Å². The van der Waals surface area contributed by atoms with Gasteiger partial charge in [-0.3, -0.25) is 14.7 Å². The van der Waals surface area contributed by atoms with Crippen molar-refractivity contribution in [2.24, 2.45) is 0 Å². The van der Waals surface area contributed by atoms with Crippen molar-refractivity contribution in [1.29, 1.82) is 0 Å². The van der Waals surface area contributed by atoms with E-state index in [1.54, 1.807) is 13.3 Å². The van der Waals surface area contributed by atoms with Crippen LogP contribution in [0.5, 0.6) is 5.75 Å². The molecule has 4 aromatic rings. The van der Waals surface area contributed by atoms with Gasteiger partial charge < -0.3 is 4.74 Å². The van der Waals surface area contributed by atoms with E-state index in [0.717, 1.165) is 27.7 Å². The number of carbonyl (C=O) groups is 1. The number of rotatable bonds is 3. The van der Waals surface area contributed by atoms with Crippen molar-refractivity contribution < 1.29 is 9.53 Å². The van der Waals surface area contributed by atoms with Gasteiger partial charge in [0, 0.05) is 11.6 Å². The number of methoxy groups -OCH3 is 1. The first-order valence-corrected chi connectivity index (χ1v) is 9.66. The number of fused-ring (bicyclic) bond motifs is 2. The lowest BCUT2D eigenvalue weighted by molar-refractivity contribution is 0.0964. The SMILES string of the molecule is COc1cccc2c1C(=O)N(c1cccc3cccnc13)C(c1ccccc1)C2. The fourth-order valence-electron chi connectivity index (χ4n) is 4.22. The standard InChI is InChI=1S/C25H20N2O2/c1-29-22-14-6-11-19-16-21(17-8-3-2-4-9-17)27(25(28)23(19)22)20-13-5-10-18-12-7-15-26-24(18)20/h2-15,21H,16H2,1H3. The Labute approximate surface area is 169 Å². The Morgan fingerprint density at radius 3 is 2.55 bits per heavy atom. The predicted molar refractivity (Wildman–Crippen MR) is 114 cm³/mol. The molecule has 1 aromatic heterocycles. The summed E-state index contributed by atoms with van der Waals surface area (Å²) in [4.78, 5) is 20.3. The molecule has 29 heavy (non-hydrogen) atoms. The molecule has 4 heteroatoms. The maximum Gasteiger partial charge on any atom is 0.262 e. The number of pyridine rings is 1. The number of para-hydroxylation sites is 1. The van der Waals surface area contributed by atoms with Crippen LogP contribution in [0.25, 0.3) is 10.9 Å². The van der Waals surface area contributed by atoms with Gasteiger partial charge in [0.05, 0.1) is 29.9 Å². The molecule has 4 nitrogen and oxygen atoms in total. The number of hydrogen-bond acceptors (Lipinski definition) is 3. The van der Waals surface area contributed by atoms with Gasteiger partial charge in [-0.05, 0) is 35.7 Å². The van der Waals surface area contributed by atoms with Crippen molar-refractivity contribution in [1.82, 2.24) is 4.98 Å². The molecule has 0 spiro atoms. The monoisotopic (exact) mass is 380 g/mol. The second-order valence-corrected chi connectivity index (χ2v) is 7.15. The van der Waals surface area contributed by atoms with Crippen LogP contribution in [0.15, 0.2) is 85.1 Å². The second kappa shape index (κ2) is 7.06. The second-order valence-electron chi connectivity index (χ2n) is 7.15. The minimum atomic E-state index is -0.115. The molecule has 1 atom stereocenters. The Balaban J connectivity index is 1.76. The molecule has 1 aliphatic heterocycles. The van der Waals surface area contributed by atoms with Crippen LogP contribution >= 0.6 is 0 Å². The number of ether oxygens (including phenoxy) is 1. The van der Waals surface area contributed by atoms with Crippen molar-refractivity contribution in [3.8, 4) is 5.75 Å². The van der Waals surface area contributed by atoms with Crippen molar-refractivity contribution in [2.45, 2.75) is 12.5 Å². The number of nitrogens with zero attached hydrogens (tertiary/aromatic N) is 2. The topological polar surface area (TPSA) is 42.4 Å². The molecule has 0 N–H and O–H groups in total. The normalized spacial score (nSPS) is 16.0. The third-order valence-electron chi connectivity index (χ3n) is 5.55. The average molecular weight is 380 g/mol. The highest BCUT2D eigenvalue weighted by atomic mass is 16.5. The van der Waals surface area contributed by atoms with Crippen molar-refractivity contribution >= 4 is 22.5 Å². The highest BCUT2D eigenvalue weighted by molar-refractivity contribution is 6.13. The van der Waals surface area contributed by atoms with Crippen LogP contribution in [-0.4, -0.2) is 18.0 Å². The largest absolute Gasteiger partial charge is 0.496 e. The van der Waals surface area contributed by atoms with Gasteiger partial charge in [0.15, 0.2) is 0 Å². The first-order chi connectivity index (χ1) is 14.3. The van der Waals surface area contributed by atoms with E-state index in [-0.39, 0.29) is 11.9 Å². The van der Waals surface area contributed by atoms with Gasteiger partial charge in [-0.1, -0.05) is 60.7 Å². The molecule has 3 aromatic carbocycles. The predicted octanol–water partition coefficient (Wildman–Crippen LogP) is 5.19. The molecule has 0 fully saturated rings. The molecule has 0 radical (unpaired) electrons. The zero-order chi connectivity index (χ0) is 19.8. The third-order valence-corrected chi connectivity index (χ3v) is 5.55. The molecule has 0 saturated carbocycles. The maximum absolute atomic E-state index is 13.8. The quantitative estimate of drug-likeness (QED) is 0.491. The minimum absolute atomic E-state index is 0.0595. The van der Waals surface area contributed by atoms with Gasteiger partial charge in [-0.2, -0.15) is 0 Å². The molecular formula is C25H20N2O2. The van der Waals surface area contributed by atoms with Crippen molar-refractivity contribution in [3.05, 3.63) is 102 Å². The number of carbonyl (C=O) groups excluding carboxylic acids is 1. The summed E-state index contributed by atoms with van der Waals surface area (Å²) in [5.41, 5.74) is 4.38. The van der Waals surface area contributed by atoms with Crippen LogP contribution in [0.4, 0.5) is 5.69 Å². The van der Waals surface area contributed by atoms with E-state index >= 15 is 0 Å². The molecular weight excluding hydrogens is 360 g/mol. The Bertz CT molecular complexity index is 1200. The van der Waals surface area contributed by atoms with Gasteiger partial charge in [-0.15, -0.1) is 0 Å². The summed E-state index contributed by atoms with van der Waals surface area (Å²) in [5, 5.41) is 1.01. The number of benzene rings is 3. The van der Waals surface area contributed by atoms with Crippen LogP contribution < -0.4 is 9.64 Å². The van der Waals surface area contributed by atoms with Crippen LogP contribution in [0, 0.1) is 0 Å². The Morgan fingerprint density at radius 2 is 1.72 bits per heavy atom. The molecule has 0 bridgehead atoms. The summed E-state index contributed by atoms with van der Waals surface area (Å²) in [6.07, 6.45) is 2.48. The summed E-state index contributed by atoms with van der Waals surface area (Å²) in [6, 6.07) is 25.8. The summed E-state index contributed by atoms with van der Waals surface area (Å²) in [6.45, 7) is 0. The summed E-state index contributed by atoms with van der Waals surface area (Å²) >= 11 is 0. The lowest BCUT2D eigenvalue weighted by atomic mass is 9.88. The van der Waals surface area contributed by atoms with Gasteiger partial charge in [0.25, 0.3) is 5.91 Å². The fourth-order valence-corrected chi connectivity index (χ4v) is 4.22. The van der Waals surface area contributed by atoms with E-state index < -0.39 is 0 Å². The van der Waals surface area contributed by atoms with E-state index in [0.29, 0.717) is 17.7 Å². The Hall–Kier alpha value is -3.66. The number of amides is 1. The smallest absolute Gasteiger partial charge is 0.262 e. The maximum atomic E-state index is 13.8. The lowest BCUT2D eigenvalue weighted by Gasteiger charge is -2.37. The molecule has 2 heterocycles. The lowest BCUT2D eigenvalue weighted by Crippen LogP contribution is -2.41. The third kappa shape index (κ3) is 2.85. The average Bonchev–Trinajstić information content (AvgIpc) is 2.79. The number of aromatic nitrogens is 1. The van der Waals surface area contributed by atoms with E-state index in [9.17, 15) is 4.79 Å². The van der Waals surface area contributed by atoms with E-state index in [2.05, 4.69) is 17.1 Å². The van der Waals surface area contributed by atoms with Gasteiger partial charge in [-0.25, -0.2) is 0 Å². The minimum Gasteiger partial charge on any atom is -0.496 e. The Morgan fingerprint density at radius 1 is 0.931 bits per heavy atom. The summed E-state index contributed by atoms with van der Waals surface area (Å²) in [7, 11) is 1.61. The zero-order valence-electron chi connectivity index (χ0n) is 16.1. The number of anilines is 1. The van der Waals surface area contributed by atoms with E-state index in [4.69, 9.17) is 4.74 Å². The van der Waals surface area contributed by atoms with E-state index in [1.807, 2.05) is 71.6 Å². The molecule has 1 unspecified atom stereocenters. The van der Waals surface area contributed by atoms with Crippen LogP contribution in [0.2, 0.25) is 0 Å². The summed E-state index contributed by atoms with van der Waals surface area (Å²) in [5.74, 6) is 0.549. The van der Waals surface area contributed by atoms with Gasteiger partial charge in [0.1, 0.15) is 5.75 Å². The van der Waals surface area contributed by atoms with Gasteiger partial charge >= 0.3 is 0 Å². The first-order valence-electron chi connectivity index (χ1n) is 9.66. The fraction of sp³-hybridized carbons (Fsp3) is 0.120. The molecule has 0 aliphatic carbocycles. The molecule has 1 amide bonds. The molecule has 0 saturated heterocycles. The van der Waals surface area contributed by atoms with Crippen molar-refractivity contribution in [3.63, 3.8) is 0 Å². The Kier molecular flexibility index (Phi) is 4.24. The van der Waals surface area contributed by atoms with Gasteiger partial charge in [0.2, 0.25) is 0 Å². The van der Waals surface area contributed by atoms with E-state index in [1.165, 1.54) is 0 Å². The summed E-state index contributed by atoms with van der Waals surface area (Å²) < 4.78 is 5.53. The molecule has 1 aliphatic rings. The van der Waals surface area contributed by atoms with Crippen LogP contribution in [0.3, 0.4) is 0 Å². The van der Waals surface area contributed by atoms with Crippen LogP contribution in [0.1, 0.15) is 27.5 Å².